The number of carbonyl (C=O) groups excluding carboxylic acids is 3. The molecule has 6 nitrogen and oxygen atoms in total. The van der Waals surface area contributed by atoms with Gasteiger partial charge in [0.15, 0.2) is 0 Å². The second kappa shape index (κ2) is 7.78. The summed E-state index contributed by atoms with van der Waals surface area (Å²) in [6.45, 7) is 11.6. The zero-order chi connectivity index (χ0) is 20.6. The molecule has 0 aromatic carbocycles. The van der Waals surface area contributed by atoms with E-state index < -0.39 is 36.0 Å². The van der Waals surface area contributed by atoms with Gasteiger partial charge in [0.25, 0.3) is 0 Å². The van der Waals surface area contributed by atoms with Gasteiger partial charge in [-0.3, -0.25) is 0 Å². The maximum atomic E-state index is 12.5. The minimum absolute atomic E-state index is 0.215. The summed E-state index contributed by atoms with van der Waals surface area (Å²) in [6, 6.07) is 0. The molecule has 3 aliphatic rings. The van der Waals surface area contributed by atoms with E-state index in [0.29, 0.717) is 12.0 Å². The number of allylic oxidation sites excluding steroid dienone is 1. The van der Waals surface area contributed by atoms with Crippen molar-refractivity contribution in [3.63, 3.8) is 0 Å². The summed E-state index contributed by atoms with van der Waals surface area (Å²) >= 11 is 0. The van der Waals surface area contributed by atoms with Crippen molar-refractivity contribution in [2.45, 2.75) is 58.8 Å². The lowest BCUT2D eigenvalue weighted by atomic mass is 9.85. The third-order valence-electron chi connectivity index (χ3n) is 5.49. The van der Waals surface area contributed by atoms with E-state index in [1.807, 2.05) is 33.8 Å². The highest BCUT2D eigenvalue weighted by Gasteiger charge is 2.46. The van der Waals surface area contributed by atoms with Crippen LogP contribution in [0.1, 0.15) is 40.5 Å². The van der Waals surface area contributed by atoms with Crippen LogP contribution in [0.2, 0.25) is 0 Å². The second-order valence-electron chi connectivity index (χ2n) is 8.00. The molecule has 2 aliphatic heterocycles. The van der Waals surface area contributed by atoms with Crippen LogP contribution in [0, 0.1) is 11.8 Å². The third kappa shape index (κ3) is 4.11. The lowest BCUT2D eigenvalue weighted by Gasteiger charge is -2.25. The molecule has 0 unspecified atom stereocenters. The molecule has 150 valence electrons. The van der Waals surface area contributed by atoms with Crippen molar-refractivity contribution in [3.05, 3.63) is 47.1 Å². The third-order valence-corrected chi connectivity index (χ3v) is 5.49. The van der Waals surface area contributed by atoms with Gasteiger partial charge in [0.05, 0.1) is 5.92 Å². The van der Waals surface area contributed by atoms with E-state index in [9.17, 15) is 14.4 Å². The van der Waals surface area contributed by atoms with E-state index in [1.54, 1.807) is 6.08 Å². The first-order chi connectivity index (χ1) is 13.2. The van der Waals surface area contributed by atoms with Crippen molar-refractivity contribution in [3.8, 4) is 0 Å². The first kappa shape index (κ1) is 20.1. The summed E-state index contributed by atoms with van der Waals surface area (Å²) < 4.78 is 16.6. The van der Waals surface area contributed by atoms with Gasteiger partial charge in [-0.1, -0.05) is 31.6 Å². The minimum Gasteiger partial charge on any atom is -0.458 e. The van der Waals surface area contributed by atoms with Crippen LogP contribution in [0.15, 0.2) is 47.1 Å². The highest BCUT2D eigenvalue weighted by Crippen LogP contribution is 2.38. The van der Waals surface area contributed by atoms with Gasteiger partial charge < -0.3 is 14.2 Å². The van der Waals surface area contributed by atoms with Gasteiger partial charge in [0, 0.05) is 30.1 Å². The molecular formula is C22H26O6. The van der Waals surface area contributed by atoms with Gasteiger partial charge in [-0.2, -0.15) is 0 Å². The Kier molecular flexibility index (Phi) is 5.59. The summed E-state index contributed by atoms with van der Waals surface area (Å²) in [7, 11) is 0. The topological polar surface area (TPSA) is 78.9 Å². The molecule has 6 heteroatoms. The molecule has 1 fully saturated rings. The van der Waals surface area contributed by atoms with Crippen LogP contribution >= 0.6 is 0 Å². The molecule has 0 aromatic rings. The van der Waals surface area contributed by atoms with E-state index in [1.165, 1.54) is 6.08 Å². The zero-order valence-electron chi connectivity index (χ0n) is 16.7. The highest BCUT2D eigenvalue weighted by molar-refractivity contribution is 5.93. The van der Waals surface area contributed by atoms with Gasteiger partial charge in [0.1, 0.15) is 18.3 Å². The molecule has 1 saturated heterocycles. The quantitative estimate of drug-likeness (QED) is 0.321. The first-order valence-electron chi connectivity index (χ1n) is 9.53. The van der Waals surface area contributed by atoms with Gasteiger partial charge in [-0.25, -0.2) is 14.4 Å². The molecule has 0 spiro atoms. The standard InChI is InChI=1S/C22H26O6/c1-11(2)13(4)8-19(23)27-17-7-12(3)6-16-9-15(22(25)26-16)10-18-20(17)14(5)21(24)28-18/h7-9,11,16-18,20H,5-6,10H2,1-4H3/b12-7+,13-8+/t16-,17-,18+,20+/m1/s1. The zero-order valence-corrected chi connectivity index (χ0v) is 16.7. The van der Waals surface area contributed by atoms with Gasteiger partial charge >= 0.3 is 17.9 Å². The van der Waals surface area contributed by atoms with E-state index in [0.717, 1.165) is 11.1 Å². The molecule has 1 aliphatic carbocycles. The number of ether oxygens (including phenoxy) is 3. The van der Waals surface area contributed by atoms with Crippen molar-refractivity contribution < 1.29 is 28.6 Å². The minimum atomic E-state index is -0.708. The predicted octanol–water partition coefficient (Wildman–Crippen LogP) is 3.19. The van der Waals surface area contributed by atoms with Crippen molar-refractivity contribution >= 4 is 17.9 Å². The average molecular weight is 386 g/mol. The average Bonchev–Trinajstić information content (AvgIpc) is 3.05. The number of esters is 3. The van der Waals surface area contributed by atoms with Crippen LogP contribution < -0.4 is 0 Å². The maximum Gasteiger partial charge on any atom is 0.334 e. The lowest BCUT2D eigenvalue weighted by molar-refractivity contribution is -0.145. The van der Waals surface area contributed by atoms with E-state index in [4.69, 9.17) is 14.2 Å². The largest absolute Gasteiger partial charge is 0.458 e. The van der Waals surface area contributed by atoms with Crippen molar-refractivity contribution in [2.75, 3.05) is 0 Å². The fourth-order valence-corrected chi connectivity index (χ4v) is 3.63. The molecule has 0 radical (unpaired) electrons. The number of carbonyl (C=O) groups is 3. The summed E-state index contributed by atoms with van der Waals surface area (Å²) in [5.74, 6) is -1.73. The van der Waals surface area contributed by atoms with Crippen LogP contribution in [-0.2, 0) is 28.6 Å². The van der Waals surface area contributed by atoms with Crippen LogP contribution in [0.25, 0.3) is 0 Å². The van der Waals surface area contributed by atoms with Gasteiger partial charge in [0.2, 0.25) is 0 Å². The Morgan fingerprint density at radius 3 is 2.61 bits per heavy atom. The summed E-state index contributed by atoms with van der Waals surface area (Å²) in [5, 5.41) is 0. The van der Waals surface area contributed by atoms with E-state index in [-0.39, 0.29) is 24.0 Å². The molecule has 0 saturated carbocycles. The smallest absolute Gasteiger partial charge is 0.334 e. The molecular weight excluding hydrogens is 360 g/mol. The Bertz CT molecular complexity index is 813. The Morgan fingerprint density at radius 1 is 1.21 bits per heavy atom. The maximum absolute atomic E-state index is 12.5. The Morgan fingerprint density at radius 2 is 1.93 bits per heavy atom. The first-order valence-corrected chi connectivity index (χ1v) is 9.53. The molecule has 28 heavy (non-hydrogen) atoms. The molecule has 0 aromatic heterocycles. The molecule has 0 amide bonds. The molecule has 3 rings (SSSR count). The lowest BCUT2D eigenvalue weighted by Crippen LogP contribution is -2.33. The number of hydrogen-bond acceptors (Lipinski definition) is 6. The van der Waals surface area contributed by atoms with Gasteiger partial charge in [-0.15, -0.1) is 0 Å². The van der Waals surface area contributed by atoms with Crippen molar-refractivity contribution in [1.82, 2.24) is 0 Å². The molecule has 2 heterocycles. The van der Waals surface area contributed by atoms with Gasteiger partial charge in [-0.05, 0) is 31.9 Å². The number of hydrogen-bond donors (Lipinski definition) is 0. The summed E-state index contributed by atoms with van der Waals surface area (Å²) in [5.41, 5.74) is 2.53. The van der Waals surface area contributed by atoms with Crippen LogP contribution in [-0.4, -0.2) is 36.2 Å². The fourth-order valence-electron chi connectivity index (χ4n) is 3.63. The molecule has 4 atom stereocenters. The molecule has 2 bridgehead atoms. The van der Waals surface area contributed by atoms with Crippen molar-refractivity contribution in [2.24, 2.45) is 11.8 Å². The Labute approximate surface area is 164 Å². The Balaban J connectivity index is 1.94. The predicted molar refractivity (Wildman–Crippen MR) is 102 cm³/mol. The summed E-state index contributed by atoms with van der Waals surface area (Å²) in [4.78, 5) is 36.8. The summed E-state index contributed by atoms with van der Waals surface area (Å²) in [6.07, 6.45) is 4.10. The number of rotatable bonds is 3. The number of fused-ring (bicyclic) bond motifs is 2. The molecule has 0 N–H and O–H groups in total. The normalized spacial score (nSPS) is 32.2. The SMILES string of the molecule is C=C1C(=O)O[C@H]2CC3=C[C@@H](C/C(C)=C/[C@@H](OC(=O)/C=C(\C)C(C)C)[C@H]12)OC3=O. The van der Waals surface area contributed by atoms with E-state index in [2.05, 4.69) is 6.58 Å². The van der Waals surface area contributed by atoms with Crippen molar-refractivity contribution in [1.29, 1.82) is 0 Å². The monoisotopic (exact) mass is 386 g/mol. The highest BCUT2D eigenvalue weighted by atomic mass is 16.6. The second-order valence-corrected chi connectivity index (χ2v) is 8.00. The Hall–Kier alpha value is -2.63. The van der Waals surface area contributed by atoms with Crippen LogP contribution in [0.3, 0.4) is 0 Å². The van der Waals surface area contributed by atoms with E-state index >= 15 is 0 Å². The van der Waals surface area contributed by atoms with Crippen LogP contribution in [0.5, 0.6) is 0 Å². The fraction of sp³-hybridized carbons (Fsp3) is 0.500. The van der Waals surface area contributed by atoms with Crippen LogP contribution in [0.4, 0.5) is 0 Å².